The molecule has 0 saturated carbocycles. The van der Waals surface area contributed by atoms with Crippen molar-refractivity contribution in [2.24, 2.45) is 0 Å². The number of carbonyl (C=O) groups excluding carboxylic acids is 1. The second kappa shape index (κ2) is 8.77. The Balaban J connectivity index is 1.40. The molecule has 0 aliphatic carbocycles. The van der Waals surface area contributed by atoms with Crippen molar-refractivity contribution >= 4 is 17.4 Å². The van der Waals surface area contributed by atoms with Crippen molar-refractivity contribution in [3.63, 3.8) is 0 Å². The molecule has 1 aromatic heterocycles. The van der Waals surface area contributed by atoms with Gasteiger partial charge >= 0.3 is 0 Å². The Kier molecular flexibility index (Phi) is 5.66. The third kappa shape index (κ3) is 4.25. The van der Waals surface area contributed by atoms with Gasteiger partial charge in [-0.15, -0.1) is 0 Å². The highest BCUT2D eigenvalue weighted by Crippen LogP contribution is 2.33. The fourth-order valence-electron chi connectivity index (χ4n) is 4.38. The van der Waals surface area contributed by atoms with E-state index in [-0.39, 0.29) is 18.0 Å². The molecule has 0 bridgehead atoms. The molecule has 2 aliphatic rings. The lowest BCUT2D eigenvalue weighted by Crippen LogP contribution is -2.34. The van der Waals surface area contributed by atoms with Crippen LogP contribution in [-0.4, -0.2) is 42.0 Å². The maximum Gasteiger partial charge on any atom is 0.253 e. The maximum atomic E-state index is 14.2. The van der Waals surface area contributed by atoms with Crippen LogP contribution in [-0.2, 0) is 6.54 Å². The van der Waals surface area contributed by atoms with E-state index in [0.717, 1.165) is 48.8 Å². The first-order valence-electron chi connectivity index (χ1n) is 11.0. The summed E-state index contributed by atoms with van der Waals surface area (Å²) >= 11 is 0. The third-order valence-electron chi connectivity index (χ3n) is 6.19. The number of carbonyl (C=O) groups is 1. The van der Waals surface area contributed by atoms with Crippen molar-refractivity contribution in [2.75, 3.05) is 36.4 Å². The number of nitrogens with zero attached hydrogens (tertiary/aromatic N) is 3. The minimum atomic E-state index is -1.20. The summed E-state index contributed by atoms with van der Waals surface area (Å²) in [6, 6.07) is 10.8. The molecule has 3 heterocycles. The lowest BCUT2D eigenvalue weighted by molar-refractivity contribution is 0.0793. The topological polar surface area (TPSA) is 48.5 Å². The largest absolute Gasteiger partial charge is 0.367 e. The van der Waals surface area contributed by atoms with Gasteiger partial charge in [-0.2, -0.15) is 0 Å². The number of likely N-dealkylation sites (tertiary alicyclic amines) is 1. The second-order valence-electron chi connectivity index (χ2n) is 8.37. The molecule has 1 saturated heterocycles. The number of anilines is 2. The number of pyridine rings is 1. The molecule has 33 heavy (non-hydrogen) atoms. The van der Waals surface area contributed by atoms with Gasteiger partial charge in [0.15, 0.2) is 11.6 Å². The Labute approximate surface area is 189 Å². The molecular weight excluding hydrogens is 429 g/mol. The lowest BCUT2D eigenvalue weighted by Gasteiger charge is -2.32. The van der Waals surface area contributed by atoms with Crippen LogP contribution in [0.1, 0.15) is 28.8 Å². The van der Waals surface area contributed by atoms with E-state index < -0.39 is 17.5 Å². The Morgan fingerprint density at radius 2 is 1.64 bits per heavy atom. The Morgan fingerprint density at radius 3 is 2.39 bits per heavy atom. The van der Waals surface area contributed by atoms with E-state index in [1.54, 1.807) is 6.20 Å². The van der Waals surface area contributed by atoms with E-state index in [1.165, 1.54) is 0 Å². The fraction of sp³-hybridized carbons (Fsp3) is 0.280. The summed E-state index contributed by atoms with van der Waals surface area (Å²) in [6.45, 7) is 2.84. The number of amides is 1. The molecule has 1 amide bonds. The minimum absolute atomic E-state index is 0.0477. The minimum Gasteiger partial charge on any atom is -0.367 e. The highest BCUT2D eigenvalue weighted by molar-refractivity contribution is 5.95. The van der Waals surface area contributed by atoms with Crippen LogP contribution in [0.3, 0.4) is 0 Å². The molecule has 2 aromatic carbocycles. The van der Waals surface area contributed by atoms with Gasteiger partial charge < -0.3 is 15.1 Å². The van der Waals surface area contributed by atoms with Gasteiger partial charge in [-0.25, -0.2) is 18.2 Å². The molecule has 1 fully saturated rings. The molecule has 0 unspecified atom stereocenters. The van der Waals surface area contributed by atoms with E-state index in [1.807, 2.05) is 40.1 Å². The standard InChI is InChI=1S/C25H23F3N4O/c26-20-13-22(28)21(27)11-19(20)15-32-10-7-29-24-23(32)12-18(14-30-24)16-3-5-17(6-4-16)25(33)31-8-1-2-9-31/h3-6,11-14H,1-2,7-10,15H2,(H,29,30). The van der Waals surface area contributed by atoms with Gasteiger partial charge in [0.25, 0.3) is 5.91 Å². The summed E-state index contributed by atoms with van der Waals surface area (Å²) in [4.78, 5) is 20.9. The lowest BCUT2D eigenvalue weighted by atomic mass is 10.0. The Morgan fingerprint density at radius 1 is 0.909 bits per heavy atom. The molecule has 8 heteroatoms. The number of hydrogen-bond acceptors (Lipinski definition) is 4. The number of fused-ring (bicyclic) bond motifs is 1. The maximum absolute atomic E-state index is 14.2. The summed E-state index contributed by atoms with van der Waals surface area (Å²) in [5.74, 6) is -2.36. The van der Waals surface area contributed by atoms with Crippen LogP contribution in [0.5, 0.6) is 0 Å². The first kappa shape index (κ1) is 21.3. The first-order chi connectivity index (χ1) is 16.0. The summed E-state index contributed by atoms with van der Waals surface area (Å²) in [7, 11) is 0. The average molecular weight is 452 g/mol. The third-order valence-corrected chi connectivity index (χ3v) is 6.19. The van der Waals surface area contributed by atoms with Gasteiger partial charge in [0.2, 0.25) is 0 Å². The van der Waals surface area contributed by atoms with Crippen LogP contribution in [0.4, 0.5) is 24.7 Å². The number of halogens is 3. The SMILES string of the molecule is O=C(c1ccc(-c2cnc3c(c2)N(Cc2cc(F)c(F)cc2F)CCN3)cc1)N1CCCC1. The van der Waals surface area contributed by atoms with Gasteiger partial charge in [0, 0.05) is 61.7 Å². The number of rotatable bonds is 4. The van der Waals surface area contributed by atoms with Crippen molar-refractivity contribution in [1.29, 1.82) is 0 Å². The quantitative estimate of drug-likeness (QED) is 0.576. The van der Waals surface area contributed by atoms with Gasteiger partial charge in [-0.1, -0.05) is 12.1 Å². The van der Waals surface area contributed by atoms with E-state index in [9.17, 15) is 18.0 Å². The number of hydrogen-bond donors (Lipinski definition) is 1. The monoisotopic (exact) mass is 452 g/mol. The summed E-state index contributed by atoms with van der Waals surface area (Å²) < 4.78 is 41.2. The zero-order valence-corrected chi connectivity index (χ0v) is 18.0. The predicted molar refractivity (Wildman–Crippen MR) is 121 cm³/mol. The number of aromatic nitrogens is 1. The van der Waals surface area contributed by atoms with Crippen molar-refractivity contribution in [3.05, 3.63) is 77.2 Å². The van der Waals surface area contributed by atoms with E-state index in [0.29, 0.717) is 30.5 Å². The molecular formula is C25H23F3N4O. The number of nitrogens with one attached hydrogen (secondary N) is 1. The van der Waals surface area contributed by atoms with Crippen LogP contribution in [0.2, 0.25) is 0 Å². The van der Waals surface area contributed by atoms with Crippen LogP contribution in [0, 0.1) is 17.5 Å². The molecule has 0 spiro atoms. The van der Waals surface area contributed by atoms with Crippen molar-refractivity contribution < 1.29 is 18.0 Å². The predicted octanol–water partition coefficient (Wildman–Crippen LogP) is 4.83. The van der Waals surface area contributed by atoms with Crippen LogP contribution in [0.15, 0.2) is 48.7 Å². The van der Waals surface area contributed by atoms with Crippen molar-refractivity contribution in [1.82, 2.24) is 9.88 Å². The highest BCUT2D eigenvalue weighted by atomic mass is 19.2. The Hall–Kier alpha value is -3.55. The Bertz CT molecular complexity index is 1190. The molecule has 1 N–H and O–H groups in total. The van der Waals surface area contributed by atoms with Crippen molar-refractivity contribution in [2.45, 2.75) is 19.4 Å². The van der Waals surface area contributed by atoms with E-state index in [2.05, 4.69) is 10.3 Å². The van der Waals surface area contributed by atoms with Crippen molar-refractivity contribution in [3.8, 4) is 11.1 Å². The molecule has 2 aliphatic heterocycles. The van der Waals surface area contributed by atoms with Crippen LogP contribution < -0.4 is 10.2 Å². The summed E-state index contributed by atoms with van der Waals surface area (Å²) in [5, 5.41) is 3.22. The molecule has 0 atom stereocenters. The normalized spacial score (nSPS) is 15.4. The van der Waals surface area contributed by atoms with Gasteiger partial charge in [-0.05, 0) is 42.7 Å². The van der Waals surface area contributed by atoms with Crippen LogP contribution in [0.25, 0.3) is 11.1 Å². The zero-order valence-electron chi connectivity index (χ0n) is 18.0. The van der Waals surface area contributed by atoms with Gasteiger partial charge in [0.05, 0.1) is 5.69 Å². The van der Waals surface area contributed by atoms with Gasteiger partial charge in [0.1, 0.15) is 11.6 Å². The van der Waals surface area contributed by atoms with Crippen LogP contribution >= 0.6 is 0 Å². The molecule has 5 rings (SSSR count). The first-order valence-corrected chi connectivity index (χ1v) is 11.0. The molecule has 3 aromatic rings. The van der Waals surface area contributed by atoms with Gasteiger partial charge in [-0.3, -0.25) is 4.79 Å². The summed E-state index contributed by atoms with van der Waals surface area (Å²) in [5.41, 5.74) is 3.22. The summed E-state index contributed by atoms with van der Waals surface area (Å²) in [6.07, 6.45) is 3.83. The molecule has 0 radical (unpaired) electrons. The molecule has 170 valence electrons. The van der Waals surface area contributed by atoms with E-state index in [4.69, 9.17) is 0 Å². The fourth-order valence-corrected chi connectivity index (χ4v) is 4.38. The zero-order chi connectivity index (χ0) is 22.9. The van der Waals surface area contributed by atoms with E-state index >= 15 is 0 Å². The molecule has 5 nitrogen and oxygen atoms in total. The second-order valence-corrected chi connectivity index (χ2v) is 8.37. The highest BCUT2D eigenvalue weighted by Gasteiger charge is 2.22. The number of benzene rings is 2. The average Bonchev–Trinajstić information content (AvgIpc) is 3.37. The smallest absolute Gasteiger partial charge is 0.253 e.